The van der Waals surface area contributed by atoms with Gasteiger partial charge in [-0.1, -0.05) is 36.8 Å². The maximum atomic E-state index is 11.6. The standard InChI is InChI=1S/C13H20N2O/c1-4-12(14)13(16)15-10(3)11-7-5-9(2)6-8-11/h5-8,10,12H,4,14H2,1-3H3,(H,15,16)/t10-,12?/m0/s1. The van der Waals surface area contributed by atoms with Crippen LogP contribution in [0.2, 0.25) is 0 Å². The van der Waals surface area contributed by atoms with Gasteiger partial charge in [-0.15, -0.1) is 0 Å². The lowest BCUT2D eigenvalue weighted by molar-refractivity contribution is -0.123. The van der Waals surface area contributed by atoms with Crippen molar-refractivity contribution in [3.63, 3.8) is 0 Å². The highest BCUT2D eigenvalue weighted by atomic mass is 16.2. The number of aryl methyl sites for hydroxylation is 1. The van der Waals surface area contributed by atoms with Crippen LogP contribution in [0.5, 0.6) is 0 Å². The van der Waals surface area contributed by atoms with Crippen LogP contribution in [-0.4, -0.2) is 11.9 Å². The molecule has 0 saturated carbocycles. The minimum Gasteiger partial charge on any atom is -0.348 e. The Morgan fingerprint density at radius 1 is 1.38 bits per heavy atom. The van der Waals surface area contributed by atoms with Crippen LogP contribution in [-0.2, 0) is 4.79 Å². The number of benzene rings is 1. The van der Waals surface area contributed by atoms with E-state index in [1.54, 1.807) is 0 Å². The van der Waals surface area contributed by atoms with E-state index in [0.29, 0.717) is 6.42 Å². The summed E-state index contributed by atoms with van der Waals surface area (Å²) >= 11 is 0. The zero-order valence-corrected chi connectivity index (χ0v) is 10.2. The van der Waals surface area contributed by atoms with Crippen molar-refractivity contribution >= 4 is 5.91 Å². The van der Waals surface area contributed by atoms with E-state index >= 15 is 0 Å². The number of amides is 1. The van der Waals surface area contributed by atoms with Crippen LogP contribution in [0.4, 0.5) is 0 Å². The van der Waals surface area contributed by atoms with Crippen LogP contribution in [0.15, 0.2) is 24.3 Å². The van der Waals surface area contributed by atoms with Crippen LogP contribution in [0.25, 0.3) is 0 Å². The van der Waals surface area contributed by atoms with Gasteiger partial charge in [-0.05, 0) is 25.8 Å². The predicted molar refractivity (Wildman–Crippen MR) is 66.0 cm³/mol. The van der Waals surface area contributed by atoms with Gasteiger partial charge >= 0.3 is 0 Å². The van der Waals surface area contributed by atoms with Gasteiger partial charge in [0.1, 0.15) is 0 Å². The molecule has 0 aliphatic rings. The van der Waals surface area contributed by atoms with Crippen molar-refractivity contribution in [3.8, 4) is 0 Å². The van der Waals surface area contributed by atoms with E-state index in [0.717, 1.165) is 5.56 Å². The Morgan fingerprint density at radius 2 is 1.94 bits per heavy atom. The van der Waals surface area contributed by atoms with Crippen molar-refractivity contribution in [2.75, 3.05) is 0 Å². The van der Waals surface area contributed by atoms with Gasteiger partial charge in [-0.25, -0.2) is 0 Å². The molecule has 0 spiro atoms. The molecule has 1 amide bonds. The van der Waals surface area contributed by atoms with Crippen LogP contribution >= 0.6 is 0 Å². The first-order valence-electron chi connectivity index (χ1n) is 5.67. The molecule has 0 fully saturated rings. The maximum Gasteiger partial charge on any atom is 0.237 e. The first-order chi connectivity index (χ1) is 7.54. The second-order valence-corrected chi connectivity index (χ2v) is 4.16. The zero-order valence-electron chi connectivity index (χ0n) is 10.2. The summed E-state index contributed by atoms with van der Waals surface area (Å²) in [6.45, 7) is 5.91. The van der Waals surface area contributed by atoms with Gasteiger partial charge in [-0.2, -0.15) is 0 Å². The molecule has 0 heterocycles. The van der Waals surface area contributed by atoms with Crippen LogP contribution in [0.3, 0.4) is 0 Å². The largest absolute Gasteiger partial charge is 0.348 e. The Balaban J connectivity index is 2.62. The van der Waals surface area contributed by atoms with Gasteiger partial charge in [0.05, 0.1) is 12.1 Å². The summed E-state index contributed by atoms with van der Waals surface area (Å²) in [5.74, 6) is -0.0874. The molecule has 0 aliphatic heterocycles. The van der Waals surface area contributed by atoms with Gasteiger partial charge in [0.15, 0.2) is 0 Å². The molecule has 0 aliphatic carbocycles. The fraction of sp³-hybridized carbons (Fsp3) is 0.462. The zero-order chi connectivity index (χ0) is 12.1. The summed E-state index contributed by atoms with van der Waals surface area (Å²) < 4.78 is 0. The summed E-state index contributed by atoms with van der Waals surface area (Å²) in [6.07, 6.45) is 0.659. The van der Waals surface area contributed by atoms with Crippen molar-refractivity contribution in [1.29, 1.82) is 0 Å². The van der Waals surface area contributed by atoms with Crippen molar-refractivity contribution in [3.05, 3.63) is 35.4 Å². The lowest BCUT2D eigenvalue weighted by Gasteiger charge is -2.17. The molecule has 88 valence electrons. The molecule has 3 nitrogen and oxygen atoms in total. The minimum absolute atomic E-state index is 0.00528. The Hall–Kier alpha value is -1.35. The highest BCUT2D eigenvalue weighted by molar-refractivity contribution is 5.81. The quantitative estimate of drug-likeness (QED) is 0.814. The molecule has 0 bridgehead atoms. The summed E-state index contributed by atoms with van der Waals surface area (Å²) in [6, 6.07) is 7.73. The number of nitrogens with one attached hydrogen (secondary N) is 1. The number of rotatable bonds is 4. The van der Waals surface area contributed by atoms with Gasteiger partial charge in [0.2, 0.25) is 5.91 Å². The fourth-order valence-corrected chi connectivity index (χ4v) is 1.44. The van der Waals surface area contributed by atoms with Crippen LogP contribution in [0.1, 0.15) is 37.4 Å². The summed E-state index contributed by atoms with van der Waals surface area (Å²) in [5, 5.41) is 2.90. The average Bonchev–Trinajstić information content (AvgIpc) is 2.28. The van der Waals surface area contributed by atoms with Crippen LogP contribution in [0, 0.1) is 6.92 Å². The van der Waals surface area contributed by atoms with E-state index in [4.69, 9.17) is 5.73 Å². The molecule has 2 atom stereocenters. The lowest BCUT2D eigenvalue weighted by atomic mass is 10.1. The van der Waals surface area contributed by atoms with Crippen molar-refractivity contribution < 1.29 is 4.79 Å². The lowest BCUT2D eigenvalue weighted by Crippen LogP contribution is -2.41. The van der Waals surface area contributed by atoms with Gasteiger partial charge in [0.25, 0.3) is 0 Å². The highest BCUT2D eigenvalue weighted by Gasteiger charge is 2.14. The number of carbonyl (C=O) groups excluding carboxylic acids is 1. The predicted octanol–water partition coefficient (Wildman–Crippen LogP) is 1.91. The number of nitrogens with two attached hydrogens (primary N) is 1. The van der Waals surface area contributed by atoms with E-state index in [2.05, 4.69) is 5.32 Å². The second kappa shape index (κ2) is 5.66. The molecular formula is C13H20N2O. The van der Waals surface area contributed by atoms with Gasteiger partial charge in [-0.3, -0.25) is 4.79 Å². The molecule has 0 radical (unpaired) electrons. The smallest absolute Gasteiger partial charge is 0.237 e. The normalized spacial score (nSPS) is 14.2. The topological polar surface area (TPSA) is 55.1 Å². The second-order valence-electron chi connectivity index (χ2n) is 4.16. The first-order valence-corrected chi connectivity index (χ1v) is 5.67. The molecular weight excluding hydrogens is 200 g/mol. The van der Waals surface area contributed by atoms with E-state index in [-0.39, 0.29) is 11.9 Å². The summed E-state index contributed by atoms with van der Waals surface area (Å²) in [4.78, 5) is 11.6. The van der Waals surface area contributed by atoms with Crippen molar-refractivity contribution in [2.45, 2.75) is 39.3 Å². The third-order valence-electron chi connectivity index (χ3n) is 2.71. The summed E-state index contributed by atoms with van der Waals surface area (Å²) in [5.41, 5.74) is 7.97. The first kappa shape index (κ1) is 12.7. The molecule has 1 unspecified atom stereocenters. The molecule has 1 aromatic carbocycles. The fourth-order valence-electron chi connectivity index (χ4n) is 1.44. The Bertz CT molecular complexity index is 345. The third kappa shape index (κ3) is 3.35. The molecule has 16 heavy (non-hydrogen) atoms. The summed E-state index contributed by atoms with van der Waals surface area (Å²) in [7, 11) is 0. The number of hydrogen-bond donors (Lipinski definition) is 2. The molecule has 1 aromatic rings. The molecule has 0 saturated heterocycles. The van der Waals surface area contributed by atoms with Gasteiger partial charge in [0, 0.05) is 0 Å². The van der Waals surface area contributed by atoms with E-state index < -0.39 is 6.04 Å². The average molecular weight is 220 g/mol. The Labute approximate surface area is 97.0 Å². The van der Waals surface area contributed by atoms with Crippen molar-refractivity contribution in [2.24, 2.45) is 5.73 Å². The minimum atomic E-state index is -0.409. The van der Waals surface area contributed by atoms with Gasteiger partial charge < -0.3 is 11.1 Å². The Kier molecular flexibility index (Phi) is 4.50. The van der Waals surface area contributed by atoms with Crippen LogP contribution < -0.4 is 11.1 Å². The molecule has 3 N–H and O–H groups in total. The molecule has 0 aromatic heterocycles. The molecule has 1 rings (SSSR count). The monoisotopic (exact) mass is 220 g/mol. The SMILES string of the molecule is CCC(N)C(=O)N[C@@H](C)c1ccc(C)cc1. The van der Waals surface area contributed by atoms with E-state index in [9.17, 15) is 4.79 Å². The van der Waals surface area contributed by atoms with E-state index in [1.807, 2.05) is 45.0 Å². The highest BCUT2D eigenvalue weighted by Crippen LogP contribution is 2.13. The van der Waals surface area contributed by atoms with E-state index in [1.165, 1.54) is 5.56 Å². The maximum absolute atomic E-state index is 11.6. The number of hydrogen-bond acceptors (Lipinski definition) is 2. The third-order valence-corrected chi connectivity index (χ3v) is 2.71. The Morgan fingerprint density at radius 3 is 2.44 bits per heavy atom. The number of carbonyl (C=O) groups is 1. The van der Waals surface area contributed by atoms with Crippen molar-refractivity contribution in [1.82, 2.24) is 5.32 Å². The molecule has 3 heteroatoms.